The zero-order valence-corrected chi connectivity index (χ0v) is 18.5. The average Bonchev–Trinajstić information content (AvgIpc) is 3.38. The van der Waals surface area contributed by atoms with Crippen LogP contribution in [0.4, 0.5) is 5.13 Å². The lowest BCUT2D eigenvalue weighted by atomic mass is 10.1. The number of methoxy groups -OCH3 is 1. The number of fused-ring (bicyclic) bond motifs is 2. The van der Waals surface area contributed by atoms with Gasteiger partial charge in [-0.3, -0.25) is 9.69 Å². The summed E-state index contributed by atoms with van der Waals surface area (Å²) < 4.78 is 17.0. The molecule has 1 aromatic heterocycles. The SMILES string of the molecule is COc1ccc(Cl)c2sc(N(CCCN(C)C)C(=O)c3ccc4c(c3)OCO4)nc12. The lowest BCUT2D eigenvalue weighted by molar-refractivity contribution is 0.0985. The largest absolute Gasteiger partial charge is 0.494 e. The Morgan fingerprint density at radius 1 is 1.20 bits per heavy atom. The van der Waals surface area contributed by atoms with E-state index >= 15 is 0 Å². The molecule has 0 spiro atoms. The zero-order valence-electron chi connectivity index (χ0n) is 17.0. The molecule has 0 saturated heterocycles. The van der Waals surface area contributed by atoms with E-state index in [1.54, 1.807) is 42.3 Å². The van der Waals surface area contributed by atoms with Crippen LogP contribution in [-0.4, -0.2) is 56.9 Å². The number of hydrogen-bond donors (Lipinski definition) is 0. The minimum atomic E-state index is -0.152. The Hall–Kier alpha value is -2.55. The molecule has 7 nitrogen and oxygen atoms in total. The van der Waals surface area contributed by atoms with Crippen molar-refractivity contribution in [2.24, 2.45) is 0 Å². The van der Waals surface area contributed by atoms with Crippen LogP contribution in [0.2, 0.25) is 5.02 Å². The first-order chi connectivity index (χ1) is 14.5. The van der Waals surface area contributed by atoms with E-state index in [9.17, 15) is 4.79 Å². The molecule has 1 amide bonds. The van der Waals surface area contributed by atoms with Crippen LogP contribution in [0.1, 0.15) is 16.8 Å². The Morgan fingerprint density at radius 3 is 2.77 bits per heavy atom. The van der Waals surface area contributed by atoms with Crippen LogP contribution in [0, 0.1) is 0 Å². The molecule has 158 valence electrons. The lowest BCUT2D eigenvalue weighted by Crippen LogP contribution is -2.33. The molecule has 0 saturated carbocycles. The fraction of sp³-hybridized carbons (Fsp3) is 0.333. The quantitative estimate of drug-likeness (QED) is 0.538. The third-order valence-corrected chi connectivity index (χ3v) is 6.29. The monoisotopic (exact) mass is 447 g/mol. The molecule has 0 aliphatic carbocycles. The molecule has 1 aliphatic heterocycles. The molecule has 0 fully saturated rings. The first kappa shape index (κ1) is 20.7. The van der Waals surface area contributed by atoms with Gasteiger partial charge in [-0.25, -0.2) is 4.98 Å². The number of hydrogen-bond acceptors (Lipinski definition) is 7. The van der Waals surface area contributed by atoms with Gasteiger partial charge in [-0.15, -0.1) is 0 Å². The van der Waals surface area contributed by atoms with Gasteiger partial charge in [0.15, 0.2) is 16.6 Å². The number of ether oxygens (including phenoxy) is 3. The number of anilines is 1. The van der Waals surface area contributed by atoms with Gasteiger partial charge in [0.25, 0.3) is 5.91 Å². The van der Waals surface area contributed by atoms with Gasteiger partial charge in [-0.2, -0.15) is 0 Å². The van der Waals surface area contributed by atoms with Crippen molar-refractivity contribution < 1.29 is 19.0 Å². The van der Waals surface area contributed by atoms with Gasteiger partial charge in [0.05, 0.1) is 16.8 Å². The Balaban J connectivity index is 1.71. The number of rotatable bonds is 7. The standard InChI is InChI=1S/C21H22ClN3O4S/c1-24(2)9-4-10-25(20(26)13-5-7-15-17(11-13)29-12-28-15)21-23-18-16(27-3)8-6-14(22)19(18)30-21/h5-8,11H,4,9-10,12H2,1-3H3. The predicted molar refractivity (Wildman–Crippen MR) is 119 cm³/mol. The van der Waals surface area contributed by atoms with E-state index in [2.05, 4.69) is 4.90 Å². The molecule has 9 heteroatoms. The minimum absolute atomic E-state index is 0.152. The maximum atomic E-state index is 13.5. The van der Waals surface area contributed by atoms with E-state index in [0.29, 0.717) is 45.0 Å². The summed E-state index contributed by atoms with van der Waals surface area (Å²) in [5.41, 5.74) is 1.17. The fourth-order valence-corrected chi connectivity index (χ4v) is 4.52. The number of halogens is 1. The minimum Gasteiger partial charge on any atom is -0.494 e. The maximum Gasteiger partial charge on any atom is 0.260 e. The van der Waals surface area contributed by atoms with E-state index in [4.69, 9.17) is 30.8 Å². The Bertz CT molecular complexity index is 1090. The molecule has 2 heterocycles. The molecule has 0 unspecified atom stereocenters. The van der Waals surface area contributed by atoms with Crippen molar-refractivity contribution in [2.45, 2.75) is 6.42 Å². The number of nitrogens with zero attached hydrogens (tertiary/aromatic N) is 3. The second-order valence-corrected chi connectivity index (χ2v) is 8.49. The van der Waals surface area contributed by atoms with Crippen LogP contribution >= 0.6 is 22.9 Å². The van der Waals surface area contributed by atoms with Gasteiger partial charge in [0, 0.05) is 12.1 Å². The number of aromatic nitrogens is 1. The van der Waals surface area contributed by atoms with E-state index < -0.39 is 0 Å². The molecule has 0 radical (unpaired) electrons. The number of carbonyl (C=O) groups is 1. The van der Waals surface area contributed by atoms with Crippen LogP contribution in [0.25, 0.3) is 10.2 Å². The molecule has 3 aromatic rings. The van der Waals surface area contributed by atoms with E-state index in [1.807, 2.05) is 14.1 Å². The smallest absolute Gasteiger partial charge is 0.260 e. The van der Waals surface area contributed by atoms with Gasteiger partial charge < -0.3 is 19.1 Å². The van der Waals surface area contributed by atoms with Gasteiger partial charge in [0.2, 0.25) is 6.79 Å². The predicted octanol–water partition coefficient (Wildman–Crippen LogP) is 4.29. The molecule has 0 bridgehead atoms. The summed E-state index contributed by atoms with van der Waals surface area (Å²) in [5, 5.41) is 1.16. The highest BCUT2D eigenvalue weighted by Gasteiger charge is 2.25. The number of benzene rings is 2. The molecular weight excluding hydrogens is 426 g/mol. The Labute approximate surface area is 183 Å². The van der Waals surface area contributed by atoms with E-state index in [-0.39, 0.29) is 12.7 Å². The van der Waals surface area contributed by atoms with Crippen molar-refractivity contribution in [2.75, 3.05) is 46.0 Å². The molecule has 0 N–H and O–H groups in total. The van der Waals surface area contributed by atoms with Crippen LogP contribution in [-0.2, 0) is 0 Å². The summed E-state index contributed by atoms with van der Waals surface area (Å²) in [6.07, 6.45) is 0.796. The van der Waals surface area contributed by atoms with Crippen LogP contribution in [0.15, 0.2) is 30.3 Å². The summed E-state index contributed by atoms with van der Waals surface area (Å²) in [4.78, 5) is 21.9. The summed E-state index contributed by atoms with van der Waals surface area (Å²) in [6.45, 7) is 1.53. The zero-order chi connectivity index (χ0) is 21.3. The summed E-state index contributed by atoms with van der Waals surface area (Å²) in [7, 11) is 5.60. The normalized spacial score (nSPS) is 12.6. The van der Waals surface area contributed by atoms with Crippen LogP contribution in [0.3, 0.4) is 0 Å². The van der Waals surface area contributed by atoms with Gasteiger partial charge in [-0.1, -0.05) is 22.9 Å². The molecule has 2 aromatic carbocycles. The van der Waals surface area contributed by atoms with Gasteiger partial charge in [-0.05, 0) is 57.4 Å². The Morgan fingerprint density at radius 2 is 2.00 bits per heavy atom. The van der Waals surface area contributed by atoms with Crippen molar-refractivity contribution in [3.05, 3.63) is 40.9 Å². The van der Waals surface area contributed by atoms with Crippen molar-refractivity contribution >= 4 is 44.2 Å². The van der Waals surface area contributed by atoms with Crippen molar-refractivity contribution in [1.82, 2.24) is 9.88 Å². The third kappa shape index (κ3) is 4.03. The highest BCUT2D eigenvalue weighted by molar-refractivity contribution is 7.23. The van der Waals surface area contributed by atoms with Gasteiger partial charge in [0.1, 0.15) is 11.3 Å². The second kappa shape index (κ2) is 8.67. The fourth-order valence-electron chi connectivity index (χ4n) is 3.24. The van der Waals surface area contributed by atoms with Crippen LogP contribution < -0.4 is 19.1 Å². The maximum absolute atomic E-state index is 13.5. The number of amides is 1. The van der Waals surface area contributed by atoms with Gasteiger partial charge >= 0.3 is 0 Å². The second-order valence-electron chi connectivity index (χ2n) is 7.11. The molecule has 4 rings (SSSR count). The molecule has 0 atom stereocenters. The van der Waals surface area contributed by atoms with Crippen molar-refractivity contribution in [1.29, 1.82) is 0 Å². The number of thiazole rings is 1. The summed E-state index contributed by atoms with van der Waals surface area (Å²) in [6, 6.07) is 8.77. The van der Waals surface area contributed by atoms with Crippen molar-refractivity contribution in [3.63, 3.8) is 0 Å². The average molecular weight is 448 g/mol. The topological polar surface area (TPSA) is 64.1 Å². The van der Waals surface area contributed by atoms with E-state index in [1.165, 1.54) is 11.3 Å². The number of carbonyl (C=O) groups excluding carboxylic acids is 1. The molecule has 30 heavy (non-hydrogen) atoms. The lowest BCUT2D eigenvalue weighted by Gasteiger charge is -2.21. The molecule has 1 aliphatic rings. The first-order valence-electron chi connectivity index (χ1n) is 9.47. The molecular formula is C21H22ClN3O4S. The third-order valence-electron chi connectivity index (χ3n) is 4.75. The summed E-state index contributed by atoms with van der Waals surface area (Å²) >= 11 is 7.77. The first-order valence-corrected chi connectivity index (χ1v) is 10.7. The summed E-state index contributed by atoms with van der Waals surface area (Å²) in [5.74, 6) is 1.69. The highest BCUT2D eigenvalue weighted by atomic mass is 35.5. The van der Waals surface area contributed by atoms with Crippen LogP contribution in [0.5, 0.6) is 17.2 Å². The highest BCUT2D eigenvalue weighted by Crippen LogP contribution is 2.39. The van der Waals surface area contributed by atoms with E-state index in [0.717, 1.165) is 17.7 Å². The Kier molecular flexibility index (Phi) is 5.99. The van der Waals surface area contributed by atoms with Crippen molar-refractivity contribution in [3.8, 4) is 17.2 Å².